The minimum absolute atomic E-state index is 0.505. The van der Waals surface area contributed by atoms with Gasteiger partial charge in [0, 0.05) is 26.7 Å². The summed E-state index contributed by atoms with van der Waals surface area (Å²) in [4.78, 5) is 2.61. The normalized spacial score (nSPS) is 15.3. The number of allylic oxidation sites excluding steroid dienone is 5. The molecule has 0 saturated carbocycles. The van der Waals surface area contributed by atoms with Crippen LogP contribution in [-0.2, 0) is 10.8 Å². The summed E-state index contributed by atoms with van der Waals surface area (Å²) in [6.07, 6.45) is 8.42. The van der Waals surface area contributed by atoms with Gasteiger partial charge < -0.3 is 4.90 Å². The zero-order valence-corrected chi connectivity index (χ0v) is 42.5. The molecular weight excluding hydrogens is 935 g/mol. The smallest absolute Gasteiger partial charge is 0.0726 e. The highest BCUT2D eigenvalue weighted by molar-refractivity contribution is 7.26. The maximum absolute atomic E-state index is 4.12. The van der Waals surface area contributed by atoms with Crippen LogP contribution < -0.4 is 4.90 Å². The Morgan fingerprint density at radius 3 is 1.62 bits per heavy atom. The Kier molecular flexibility index (Phi) is 10.1. The van der Waals surface area contributed by atoms with Gasteiger partial charge in [0.1, 0.15) is 0 Å². The van der Waals surface area contributed by atoms with E-state index in [1.54, 1.807) is 0 Å². The number of rotatable bonds is 9. The molecule has 3 aliphatic carbocycles. The molecule has 1 unspecified atom stereocenters. The Morgan fingerprint density at radius 2 is 0.908 bits per heavy atom. The number of nitrogens with zero attached hydrogens (tertiary/aromatic N) is 1. The second kappa shape index (κ2) is 17.4. The van der Waals surface area contributed by atoms with Crippen LogP contribution in [0.15, 0.2) is 292 Å². The number of thiophene rings is 1. The first-order valence-electron chi connectivity index (χ1n) is 26.3. The van der Waals surface area contributed by atoms with Gasteiger partial charge in [0.15, 0.2) is 0 Å². The van der Waals surface area contributed by atoms with Gasteiger partial charge in [-0.3, -0.25) is 0 Å². The van der Waals surface area contributed by atoms with Crippen LogP contribution >= 0.6 is 11.3 Å². The summed E-state index contributed by atoms with van der Waals surface area (Å²) in [7, 11) is 0. The molecule has 2 heteroatoms. The van der Waals surface area contributed by atoms with Crippen LogP contribution in [0.3, 0.4) is 0 Å². The van der Waals surface area contributed by atoms with E-state index < -0.39 is 10.8 Å². The van der Waals surface area contributed by atoms with Crippen LogP contribution in [0.2, 0.25) is 0 Å². The van der Waals surface area contributed by atoms with Crippen LogP contribution in [0.1, 0.15) is 44.5 Å². The number of anilines is 3. The summed E-state index contributed by atoms with van der Waals surface area (Å²) in [5.41, 5.74) is 23.4. The maximum Gasteiger partial charge on any atom is 0.0726 e. The van der Waals surface area contributed by atoms with E-state index in [0.29, 0.717) is 0 Å². The van der Waals surface area contributed by atoms with Gasteiger partial charge in [-0.1, -0.05) is 261 Å². The van der Waals surface area contributed by atoms with Crippen LogP contribution in [0.4, 0.5) is 17.1 Å². The Balaban J connectivity index is 1.08. The van der Waals surface area contributed by atoms with Gasteiger partial charge in [0.25, 0.3) is 0 Å². The Bertz CT molecular complexity index is 4340. The molecule has 0 N–H and O–H groups in total. The first-order valence-corrected chi connectivity index (χ1v) is 27.1. The first-order chi connectivity index (χ1) is 37.7. The molecule has 76 heavy (non-hydrogen) atoms. The SMILES string of the molecule is C=C/C=C\C=C(/c1ccccc1)C1(c2ccccc2-c2ccccc2)c2ccccc2-c2ccc(N(c3cccc4c3-c3ccccc3C43c4ccccc4-c4ccccc43)c3cccc4c3sc3ccccc34)cc21. The lowest BCUT2D eigenvalue weighted by atomic mass is 9.63. The zero-order valence-electron chi connectivity index (χ0n) is 41.7. The van der Waals surface area contributed by atoms with Crippen LogP contribution in [-0.4, -0.2) is 0 Å². The van der Waals surface area contributed by atoms with E-state index in [9.17, 15) is 0 Å². The highest BCUT2D eigenvalue weighted by Gasteiger charge is 2.53. The second-order valence-corrected chi connectivity index (χ2v) is 21.2. The van der Waals surface area contributed by atoms with Crippen molar-refractivity contribution in [2.45, 2.75) is 10.8 Å². The fraction of sp³-hybridized carbons (Fsp3) is 0.0270. The number of hydrogen-bond acceptors (Lipinski definition) is 2. The van der Waals surface area contributed by atoms with Gasteiger partial charge in [-0.15, -0.1) is 11.3 Å². The van der Waals surface area contributed by atoms with Crippen molar-refractivity contribution in [3.05, 3.63) is 336 Å². The van der Waals surface area contributed by atoms with Crippen molar-refractivity contribution in [3.8, 4) is 44.5 Å². The summed E-state index contributed by atoms with van der Waals surface area (Å²) in [5.74, 6) is 0. The van der Waals surface area contributed by atoms with Crippen molar-refractivity contribution >= 4 is 54.1 Å². The van der Waals surface area contributed by atoms with Crippen LogP contribution in [0, 0.1) is 0 Å². The van der Waals surface area contributed by atoms with Gasteiger partial charge in [0.05, 0.1) is 26.9 Å². The molecule has 15 rings (SSSR count). The van der Waals surface area contributed by atoms with E-state index >= 15 is 0 Å². The lowest BCUT2D eigenvalue weighted by molar-refractivity contribution is 0.794. The van der Waals surface area contributed by atoms with E-state index in [1.807, 2.05) is 23.5 Å². The Labute approximate surface area is 448 Å². The lowest BCUT2D eigenvalue weighted by Crippen LogP contribution is -2.30. The highest BCUT2D eigenvalue weighted by Crippen LogP contribution is 2.66. The van der Waals surface area contributed by atoms with Crippen LogP contribution in [0.5, 0.6) is 0 Å². The topological polar surface area (TPSA) is 3.24 Å². The third-order valence-electron chi connectivity index (χ3n) is 16.6. The van der Waals surface area contributed by atoms with E-state index in [0.717, 1.165) is 22.6 Å². The standard InChI is InChI=1S/C74H49NS/c1-2-3-6-36-60(50-27-9-5-10-28-50)73(61-37-17-11-29-52(61)49-25-7-4-8-26-49)62-38-18-14-32-55(62)56-47-46-51(48-67(56)73)75(69-44-23-35-58-57-33-16-22-45-70(57)76-72(58)69)68-43-24-42-66-71(68)59-34-15-21-41-65(59)74(66)63-39-19-12-30-53(63)54-31-13-20-40-64(54)74/h2-48H,1H2/b6-3-,60-36+. The molecule has 0 aliphatic heterocycles. The van der Waals surface area contributed by atoms with Crippen molar-refractivity contribution in [3.63, 3.8) is 0 Å². The molecule has 0 amide bonds. The molecule has 1 nitrogen and oxygen atoms in total. The summed E-state index contributed by atoms with van der Waals surface area (Å²) in [6, 6.07) is 97.9. The third-order valence-corrected chi connectivity index (χ3v) is 17.8. The fourth-order valence-electron chi connectivity index (χ4n) is 13.7. The Hall–Kier alpha value is -9.34. The maximum atomic E-state index is 4.12. The quantitative estimate of drug-likeness (QED) is 0.130. The van der Waals surface area contributed by atoms with Gasteiger partial charge >= 0.3 is 0 Å². The monoisotopic (exact) mass is 983 g/mol. The van der Waals surface area contributed by atoms with Crippen molar-refractivity contribution < 1.29 is 0 Å². The molecule has 11 aromatic carbocycles. The number of benzene rings is 11. The highest BCUT2D eigenvalue weighted by atomic mass is 32.1. The minimum atomic E-state index is -0.789. The van der Waals surface area contributed by atoms with Gasteiger partial charge in [-0.25, -0.2) is 0 Å². The molecule has 0 fully saturated rings. The largest absolute Gasteiger partial charge is 0.308 e. The molecule has 0 saturated heterocycles. The van der Waals surface area contributed by atoms with Crippen molar-refractivity contribution in [1.29, 1.82) is 0 Å². The predicted molar refractivity (Wildman–Crippen MR) is 321 cm³/mol. The van der Waals surface area contributed by atoms with Crippen molar-refractivity contribution in [2.24, 2.45) is 0 Å². The minimum Gasteiger partial charge on any atom is -0.308 e. The van der Waals surface area contributed by atoms with Crippen molar-refractivity contribution in [1.82, 2.24) is 0 Å². The average Bonchev–Trinajstić information content (AvgIpc) is 4.35. The molecule has 12 aromatic rings. The molecule has 1 aromatic heterocycles. The van der Waals surface area contributed by atoms with E-state index in [-0.39, 0.29) is 0 Å². The molecule has 0 bridgehead atoms. The molecule has 1 heterocycles. The molecular formula is C74H49NS. The number of hydrogen-bond donors (Lipinski definition) is 0. The van der Waals surface area contributed by atoms with E-state index in [2.05, 4.69) is 284 Å². The van der Waals surface area contributed by atoms with Gasteiger partial charge in [0.2, 0.25) is 0 Å². The zero-order chi connectivity index (χ0) is 50.4. The predicted octanol–water partition coefficient (Wildman–Crippen LogP) is 19.7. The molecule has 0 radical (unpaired) electrons. The molecule has 3 aliphatic rings. The van der Waals surface area contributed by atoms with Gasteiger partial charge in [-0.2, -0.15) is 0 Å². The van der Waals surface area contributed by atoms with E-state index in [1.165, 1.54) is 109 Å². The summed E-state index contributed by atoms with van der Waals surface area (Å²) < 4.78 is 2.53. The fourth-order valence-corrected chi connectivity index (χ4v) is 14.9. The lowest BCUT2D eigenvalue weighted by Gasteiger charge is -2.38. The third kappa shape index (κ3) is 6.14. The summed E-state index contributed by atoms with van der Waals surface area (Å²) in [6.45, 7) is 4.12. The average molecular weight is 984 g/mol. The van der Waals surface area contributed by atoms with E-state index in [4.69, 9.17) is 0 Å². The first kappa shape index (κ1) is 44.2. The summed E-state index contributed by atoms with van der Waals surface area (Å²) >= 11 is 1.88. The molecule has 1 atom stereocenters. The second-order valence-electron chi connectivity index (χ2n) is 20.2. The summed E-state index contributed by atoms with van der Waals surface area (Å²) in [5, 5.41) is 2.53. The number of fused-ring (bicyclic) bond motifs is 16. The van der Waals surface area contributed by atoms with Gasteiger partial charge in [-0.05, 0) is 119 Å². The van der Waals surface area contributed by atoms with Crippen molar-refractivity contribution in [2.75, 3.05) is 4.90 Å². The molecule has 356 valence electrons. The Morgan fingerprint density at radius 1 is 0.395 bits per heavy atom. The van der Waals surface area contributed by atoms with Crippen LogP contribution in [0.25, 0.3) is 70.3 Å². The molecule has 1 spiro atoms.